The number of nitrogens with one attached hydrogen (secondary N) is 2. The predicted molar refractivity (Wildman–Crippen MR) is 94.3 cm³/mol. The number of amides is 1. The van der Waals surface area contributed by atoms with E-state index >= 15 is 0 Å². The summed E-state index contributed by atoms with van der Waals surface area (Å²) in [5.41, 5.74) is 4.55. The van der Waals surface area contributed by atoms with E-state index in [1.807, 2.05) is 18.2 Å². The molecule has 1 heterocycles. The van der Waals surface area contributed by atoms with E-state index in [2.05, 4.69) is 17.2 Å². The van der Waals surface area contributed by atoms with Gasteiger partial charge in [0, 0.05) is 35.3 Å². The fraction of sp³-hybridized carbons (Fsp3) is 0.526. The summed E-state index contributed by atoms with van der Waals surface area (Å²) in [4.78, 5) is 15.8. The minimum absolute atomic E-state index is 0.0337. The molecular formula is C19H26N2O3. The normalized spacial score (nSPS) is 17.0. The van der Waals surface area contributed by atoms with Crippen LogP contribution in [0.4, 0.5) is 0 Å². The van der Waals surface area contributed by atoms with E-state index < -0.39 is 0 Å². The molecule has 0 saturated carbocycles. The van der Waals surface area contributed by atoms with Gasteiger partial charge >= 0.3 is 0 Å². The molecule has 0 aliphatic heterocycles. The third-order valence-corrected chi connectivity index (χ3v) is 4.68. The third kappa shape index (κ3) is 3.79. The van der Waals surface area contributed by atoms with Gasteiger partial charge in [0.2, 0.25) is 0 Å². The lowest BCUT2D eigenvalue weighted by Gasteiger charge is -2.18. The molecule has 24 heavy (non-hydrogen) atoms. The molecule has 0 saturated heterocycles. The monoisotopic (exact) mass is 330 g/mol. The summed E-state index contributed by atoms with van der Waals surface area (Å²) in [6, 6.07) is 5.91. The van der Waals surface area contributed by atoms with Crippen molar-refractivity contribution in [2.75, 3.05) is 26.4 Å². The Hall–Kier alpha value is -1.85. The molecule has 3 rings (SSSR count). The SMILES string of the molecule is CC1CCc2[nH]c3ccc(C(=O)NCCCOCCO)cc3c2C1. The molecule has 3 N–H and O–H groups in total. The summed E-state index contributed by atoms with van der Waals surface area (Å²) in [6.07, 6.45) is 4.15. The molecule has 2 aromatic rings. The molecule has 5 heteroatoms. The second-order valence-electron chi connectivity index (χ2n) is 6.64. The van der Waals surface area contributed by atoms with Gasteiger partial charge in [-0.1, -0.05) is 6.92 Å². The molecule has 0 radical (unpaired) electrons. The lowest BCUT2D eigenvalue weighted by atomic mass is 9.87. The van der Waals surface area contributed by atoms with Crippen molar-refractivity contribution in [1.82, 2.24) is 10.3 Å². The first kappa shape index (κ1) is 17.0. The Morgan fingerprint density at radius 1 is 1.42 bits per heavy atom. The summed E-state index contributed by atoms with van der Waals surface area (Å²) < 4.78 is 5.18. The van der Waals surface area contributed by atoms with Crippen LogP contribution >= 0.6 is 0 Å². The highest BCUT2D eigenvalue weighted by atomic mass is 16.5. The van der Waals surface area contributed by atoms with Crippen molar-refractivity contribution in [3.8, 4) is 0 Å². The number of carbonyl (C=O) groups is 1. The number of rotatable bonds is 7. The number of hydrogen-bond acceptors (Lipinski definition) is 3. The van der Waals surface area contributed by atoms with Crippen LogP contribution < -0.4 is 5.32 Å². The van der Waals surface area contributed by atoms with Gasteiger partial charge in [0.05, 0.1) is 13.2 Å². The Labute approximate surface area is 142 Å². The predicted octanol–water partition coefficient (Wildman–Crippen LogP) is 2.42. The zero-order chi connectivity index (χ0) is 16.9. The van der Waals surface area contributed by atoms with Crippen LogP contribution in [0.25, 0.3) is 10.9 Å². The van der Waals surface area contributed by atoms with Crippen LogP contribution in [-0.2, 0) is 17.6 Å². The summed E-state index contributed by atoms with van der Waals surface area (Å²) in [7, 11) is 0. The summed E-state index contributed by atoms with van der Waals surface area (Å²) in [6.45, 7) is 3.79. The summed E-state index contributed by atoms with van der Waals surface area (Å²) in [5, 5.41) is 12.8. The first-order chi connectivity index (χ1) is 11.7. The largest absolute Gasteiger partial charge is 0.394 e. The number of hydrogen-bond donors (Lipinski definition) is 3. The van der Waals surface area contributed by atoms with Gasteiger partial charge < -0.3 is 20.1 Å². The lowest BCUT2D eigenvalue weighted by Crippen LogP contribution is -2.25. The summed E-state index contributed by atoms with van der Waals surface area (Å²) >= 11 is 0. The second-order valence-corrected chi connectivity index (χ2v) is 6.64. The van der Waals surface area contributed by atoms with Gasteiger partial charge in [0.15, 0.2) is 0 Å². The van der Waals surface area contributed by atoms with Crippen LogP contribution in [0.15, 0.2) is 18.2 Å². The first-order valence-corrected chi connectivity index (χ1v) is 8.79. The van der Waals surface area contributed by atoms with E-state index in [1.54, 1.807) is 0 Å². The van der Waals surface area contributed by atoms with Gasteiger partial charge in [-0.25, -0.2) is 0 Å². The Morgan fingerprint density at radius 3 is 3.12 bits per heavy atom. The average Bonchev–Trinajstić information content (AvgIpc) is 2.95. The van der Waals surface area contributed by atoms with Crippen LogP contribution in [0.5, 0.6) is 0 Å². The topological polar surface area (TPSA) is 74.4 Å². The number of benzene rings is 1. The summed E-state index contributed by atoms with van der Waals surface area (Å²) in [5.74, 6) is 0.658. The lowest BCUT2D eigenvalue weighted by molar-refractivity contribution is 0.0867. The van der Waals surface area contributed by atoms with Crippen LogP contribution in [0, 0.1) is 5.92 Å². The molecule has 1 amide bonds. The Bertz CT molecular complexity index is 708. The van der Waals surface area contributed by atoms with E-state index in [-0.39, 0.29) is 12.5 Å². The van der Waals surface area contributed by atoms with Gasteiger partial charge in [-0.2, -0.15) is 0 Å². The second kappa shape index (κ2) is 7.81. The highest BCUT2D eigenvalue weighted by molar-refractivity contribution is 5.99. The average molecular weight is 330 g/mol. The van der Waals surface area contributed by atoms with Crippen LogP contribution in [0.1, 0.15) is 41.4 Å². The van der Waals surface area contributed by atoms with Gasteiger partial charge in [0.1, 0.15) is 0 Å². The Balaban J connectivity index is 1.64. The number of carbonyl (C=O) groups excluding carboxylic acids is 1. The number of aromatic amines is 1. The highest BCUT2D eigenvalue weighted by Crippen LogP contribution is 2.32. The van der Waals surface area contributed by atoms with Crippen LogP contribution in [-0.4, -0.2) is 42.4 Å². The first-order valence-electron chi connectivity index (χ1n) is 8.79. The zero-order valence-electron chi connectivity index (χ0n) is 14.2. The zero-order valence-corrected chi connectivity index (χ0v) is 14.2. The number of ether oxygens (including phenoxy) is 1. The molecule has 0 fully saturated rings. The minimum Gasteiger partial charge on any atom is -0.394 e. The molecule has 1 aromatic carbocycles. The molecule has 0 spiro atoms. The number of aliphatic hydroxyl groups is 1. The van der Waals surface area contributed by atoms with Crippen molar-refractivity contribution in [2.45, 2.75) is 32.6 Å². The molecule has 1 aliphatic carbocycles. The maximum atomic E-state index is 12.3. The highest BCUT2D eigenvalue weighted by Gasteiger charge is 2.20. The number of aliphatic hydroxyl groups excluding tert-OH is 1. The van der Waals surface area contributed by atoms with Crippen molar-refractivity contribution in [3.63, 3.8) is 0 Å². The number of fused-ring (bicyclic) bond motifs is 3. The van der Waals surface area contributed by atoms with E-state index in [0.29, 0.717) is 31.2 Å². The maximum Gasteiger partial charge on any atom is 0.251 e. The van der Waals surface area contributed by atoms with Crippen LogP contribution in [0.2, 0.25) is 0 Å². The molecule has 1 aromatic heterocycles. The smallest absolute Gasteiger partial charge is 0.251 e. The standard InChI is InChI=1S/C19H26N2O3/c1-13-3-5-17-15(11-13)16-12-14(4-6-18(16)21-17)19(23)20-7-2-9-24-10-8-22/h4,6,12-13,21-22H,2-3,5,7-11H2,1H3,(H,20,23). The van der Waals surface area contributed by atoms with Crippen molar-refractivity contribution < 1.29 is 14.6 Å². The number of aromatic nitrogens is 1. The molecule has 130 valence electrons. The van der Waals surface area contributed by atoms with Crippen molar-refractivity contribution in [3.05, 3.63) is 35.0 Å². The van der Waals surface area contributed by atoms with E-state index in [0.717, 1.165) is 24.8 Å². The Morgan fingerprint density at radius 2 is 2.29 bits per heavy atom. The quantitative estimate of drug-likeness (QED) is 0.683. The minimum atomic E-state index is -0.0436. The third-order valence-electron chi connectivity index (χ3n) is 4.68. The van der Waals surface area contributed by atoms with Gasteiger partial charge in [-0.15, -0.1) is 0 Å². The van der Waals surface area contributed by atoms with Crippen molar-refractivity contribution >= 4 is 16.8 Å². The van der Waals surface area contributed by atoms with Gasteiger partial charge in [-0.05, 0) is 55.4 Å². The molecule has 0 bridgehead atoms. The fourth-order valence-electron chi connectivity index (χ4n) is 3.38. The van der Waals surface area contributed by atoms with Crippen molar-refractivity contribution in [1.29, 1.82) is 0 Å². The molecular weight excluding hydrogens is 304 g/mol. The molecule has 1 aliphatic rings. The number of aryl methyl sites for hydroxylation is 1. The Kier molecular flexibility index (Phi) is 5.53. The van der Waals surface area contributed by atoms with Crippen LogP contribution in [0.3, 0.4) is 0 Å². The number of H-pyrrole nitrogens is 1. The molecule has 1 atom stereocenters. The van der Waals surface area contributed by atoms with Crippen molar-refractivity contribution in [2.24, 2.45) is 5.92 Å². The molecule has 5 nitrogen and oxygen atoms in total. The van der Waals surface area contributed by atoms with Gasteiger partial charge in [0.25, 0.3) is 5.91 Å². The fourth-order valence-corrected chi connectivity index (χ4v) is 3.38. The van der Waals surface area contributed by atoms with E-state index in [9.17, 15) is 4.79 Å². The van der Waals surface area contributed by atoms with E-state index in [4.69, 9.17) is 9.84 Å². The molecule has 1 unspecified atom stereocenters. The van der Waals surface area contributed by atoms with E-state index in [1.165, 1.54) is 23.1 Å². The van der Waals surface area contributed by atoms with Gasteiger partial charge in [-0.3, -0.25) is 4.79 Å². The maximum absolute atomic E-state index is 12.3.